The molecule has 1 fully saturated rings. The van der Waals surface area contributed by atoms with Crippen molar-refractivity contribution in [2.75, 3.05) is 31.6 Å². The molecule has 1 N–H and O–H groups in total. The summed E-state index contributed by atoms with van der Waals surface area (Å²) in [6.45, 7) is 3.20. The summed E-state index contributed by atoms with van der Waals surface area (Å²) in [6.07, 6.45) is 2.92. The van der Waals surface area contributed by atoms with E-state index >= 15 is 0 Å². The first-order chi connectivity index (χ1) is 7.79. The van der Waals surface area contributed by atoms with Gasteiger partial charge in [0.15, 0.2) is 0 Å². The summed E-state index contributed by atoms with van der Waals surface area (Å²) in [4.78, 5) is 6.41. The number of pyridine rings is 1. The van der Waals surface area contributed by atoms with E-state index in [1.807, 2.05) is 13.1 Å². The van der Waals surface area contributed by atoms with Gasteiger partial charge in [-0.15, -0.1) is 12.4 Å². The van der Waals surface area contributed by atoms with Crippen LogP contribution in [-0.2, 0) is 0 Å². The minimum absolute atomic E-state index is 0. The highest BCUT2D eigenvalue weighted by molar-refractivity contribution is 5.85. The second-order valence-corrected chi connectivity index (χ2v) is 4.25. The molecule has 0 aromatic carbocycles. The summed E-state index contributed by atoms with van der Waals surface area (Å²) in [7, 11) is 2.03. The molecule has 2 rings (SSSR count). The van der Waals surface area contributed by atoms with E-state index in [1.165, 1.54) is 6.42 Å². The zero-order valence-corrected chi connectivity index (χ0v) is 10.7. The van der Waals surface area contributed by atoms with Crippen molar-refractivity contribution in [3.05, 3.63) is 23.9 Å². The Morgan fingerprint density at radius 3 is 3.12 bits per heavy atom. The molecular weight excluding hydrogens is 236 g/mol. The zero-order valence-electron chi connectivity index (χ0n) is 9.89. The molecule has 0 aliphatic carbocycles. The first-order valence-corrected chi connectivity index (χ1v) is 5.57. The molecule has 1 aromatic rings. The van der Waals surface area contributed by atoms with Crippen molar-refractivity contribution in [3.8, 4) is 6.07 Å². The van der Waals surface area contributed by atoms with Gasteiger partial charge in [-0.25, -0.2) is 4.98 Å². The quantitative estimate of drug-likeness (QED) is 0.884. The molecule has 1 saturated heterocycles. The zero-order chi connectivity index (χ0) is 11.4. The lowest BCUT2D eigenvalue weighted by Crippen LogP contribution is -2.27. The van der Waals surface area contributed by atoms with Crippen LogP contribution in [0, 0.1) is 17.2 Å². The van der Waals surface area contributed by atoms with Gasteiger partial charge in [-0.2, -0.15) is 5.26 Å². The summed E-state index contributed by atoms with van der Waals surface area (Å²) >= 11 is 0. The molecule has 1 atom stereocenters. The molecule has 92 valence electrons. The Morgan fingerprint density at radius 1 is 1.65 bits per heavy atom. The van der Waals surface area contributed by atoms with Crippen LogP contribution in [0.2, 0.25) is 0 Å². The summed E-state index contributed by atoms with van der Waals surface area (Å²) in [5.74, 6) is 1.57. The van der Waals surface area contributed by atoms with Gasteiger partial charge < -0.3 is 10.2 Å². The van der Waals surface area contributed by atoms with Gasteiger partial charge in [-0.05, 0) is 37.6 Å². The van der Waals surface area contributed by atoms with Crippen molar-refractivity contribution in [2.24, 2.45) is 5.92 Å². The Hall–Kier alpha value is -1.31. The van der Waals surface area contributed by atoms with Crippen LogP contribution < -0.4 is 10.2 Å². The van der Waals surface area contributed by atoms with Crippen LogP contribution in [0.15, 0.2) is 18.3 Å². The molecular formula is C12H17ClN4. The van der Waals surface area contributed by atoms with Gasteiger partial charge in [-0.1, -0.05) is 0 Å². The van der Waals surface area contributed by atoms with E-state index in [-0.39, 0.29) is 12.4 Å². The lowest BCUT2D eigenvalue weighted by molar-refractivity contribution is 0.576. The van der Waals surface area contributed by atoms with Crippen molar-refractivity contribution in [1.82, 2.24) is 10.3 Å². The largest absolute Gasteiger partial charge is 0.359 e. The number of hydrogen-bond donors (Lipinski definition) is 1. The minimum Gasteiger partial charge on any atom is -0.359 e. The van der Waals surface area contributed by atoms with Crippen LogP contribution in [0.25, 0.3) is 0 Å². The molecule has 0 amide bonds. The smallest absolute Gasteiger partial charge is 0.129 e. The van der Waals surface area contributed by atoms with Crippen LogP contribution in [0.4, 0.5) is 5.82 Å². The Bertz CT molecular complexity index is 396. The van der Waals surface area contributed by atoms with Gasteiger partial charge in [0.25, 0.3) is 0 Å². The van der Waals surface area contributed by atoms with Gasteiger partial charge in [0.2, 0.25) is 0 Å². The predicted molar refractivity (Wildman–Crippen MR) is 70.4 cm³/mol. The molecule has 17 heavy (non-hydrogen) atoms. The van der Waals surface area contributed by atoms with Crippen molar-refractivity contribution < 1.29 is 0 Å². The average Bonchev–Trinajstić information content (AvgIpc) is 2.82. The minimum atomic E-state index is 0. The fourth-order valence-corrected chi connectivity index (χ4v) is 2.05. The second kappa shape index (κ2) is 6.43. The van der Waals surface area contributed by atoms with Gasteiger partial charge in [0.1, 0.15) is 5.82 Å². The first kappa shape index (κ1) is 13.8. The number of nitrogens with zero attached hydrogens (tertiary/aromatic N) is 3. The number of hydrogen-bond acceptors (Lipinski definition) is 4. The molecule has 0 bridgehead atoms. The molecule has 5 heteroatoms. The van der Waals surface area contributed by atoms with Gasteiger partial charge in [-0.3, -0.25) is 0 Å². The van der Waals surface area contributed by atoms with Crippen LogP contribution >= 0.6 is 12.4 Å². The van der Waals surface area contributed by atoms with Gasteiger partial charge >= 0.3 is 0 Å². The van der Waals surface area contributed by atoms with E-state index in [9.17, 15) is 0 Å². The van der Waals surface area contributed by atoms with E-state index in [4.69, 9.17) is 5.26 Å². The SMILES string of the molecule is CN(CC1CCNC1)c1cc(C#N)ccn1.Cl. The number of aromatic nitrogens is 1. The summed E-state index contributed by atoms with van der Waals surface area (Å²) in [6, 6.07) is 5.70. The Morgan fingerprint density at radius 2 is 2.47 bits per heavy atom. The van der Waals surface area contributed by atoms with Crippen LogP contribution in [0.5, 0.6) is 0 Å². The number of anilines is 1. The maximum absolute atomic E-state index is 8.82. The molecule has 0 saturated carbocycles. The monoisotopic (exact) mass is 252 g/mol. The highest BCUT2D eigenvalue weighted by atomic mass is 35.5. The molecule has 1 unspecified atom stereocenters. The number of halogens is 1. The van der Waals surface area contributed by atoms with Crippen molar-refractivity contribution in [1.29, 1.82) is 5.26 Å². The van der Waals surface area contributed by atoms with Gasteiger partial charge in [0, 0.05) is 19.8 Å². The fraction of sp³-hybridized carbons (Fsp3) is 0.500. The lowest BCUT2D eigenvalue weighted by atomic mass is 10.1. The predicted octanol–water partition coefficient (Wildman–Crippen LogP) is 1.42. The molecule has 2 heterocycles. The number of nitrogens with one attached hydrogen (secondary N) is 1. The Labute approximate surface area is 108 Å². The maximum atomic E-state index is 8.82. The third kappa shape index (κ3) is 3.58. The molecule has 1 aromatic heterocycles. The number of nitriles is 1. The Kier molecular flexibility index (Phi) is 5.20. The van der Waals surface area contributed by atoms with Crippen molar-refractivity contribution >= 4 is 18.2 Å². The number of rotatable bonds is 3. The second-order valence-electron chi connectivity index (χ2n) is 4.25. The third-order valence-electron chi connectivity index (χ3n) is 2.96. The molecule has 0 spiro atoms. The molecule has 1 aliphatic rings. The Balaban J connectivity index is 0.00000144. The summed E-state index contributed by atoms with van der Waals surface area (Å²) in [5, 5.41) is 12.2. The topological polar surface area (TPSA) is 52.0 Å². The highest BCUT2D eigenvalue weighted by Gasteiger charge is 2.17. The fourth-order valence-electron chi connectivity index (χ4n) is 2.05. The van der Waals surface area contributed by atoms with E-state index in [0.29, 0.717) is 11.5 Å². The first-order valence-electron chi connectivity index (χ1n) is 5.57. The normalized spacial score (nSPS) is 18.2. The standard InChI is InChI=1S/C12H16N4.ClH/c1-16(9-11-2-4-14-8-11)12-6-10(7-13)3-5-15-12;/h3,5-6,11,14H,2,4,8-9H2,1H3;1H. The van der Waals surface area contributed by atoms with Crippen LogP contribution in [0.3, 0.4) is 0 Å². The average molecular weight is 253 g/mol. The van der Waals surface area contributed by atoms with Crippen molar-refractivity contribution in [2.45, 2.75) is 6.42 Å². The molecule has 1 aliphatic heterocycles. The highest BCUT2D eigenvalue weighted by Crippen LogP contribution is 2.15. The third-order valence-corrected chi connectivity index (χ3v) is 2.96. The molecule has 0 radical (unpaired) electrons. The van der Waals surface area contributed by atoms with E-state index in [2.05, 4.69) is 21.3 Å². The summed E-state index contributed by atoms with van der Waals surface area (Å²) in [5.41, 5.74) is 0.668. The van der Waals surface area contributed by atoms with Crippen LogP contribution in [0.1, 0.15) is 12.0 Å². The molecule has 4 nitrogen and oxygen atoms in total. The van der Waals surface area contributed by atoms with E-state index in [1.54, 1.807) is 12.3 Å². The van der Waals surface area contributed by atoms with Gasteiger partial charge in [0.05, 0.1) is 11.6 Å². The van der Waals surface area contributed by atoms with Crippen LogP contribution in [-0.4, -0.2) is 31.7 Å². The maximum Gasteiger partial charge on any atom is 0.129 e. The summed E-state index contributed by atoms with van der Waals surface area (Å²) < 4.78 is 0. The van der Waals surface area contributed by atoms with Crippen molar-refractivity contribution in [3.63, 3.8) is 0 Å². The van der Waals surface area contributed by atoms with E-state index < -0.39 is 0 Å². The van der Waals surface area contributed by atoms with E-state index in [0.717, 1.165) is 25.5 Å². The lowest BCUT2D eigenvalue weighted by Gasteiger charge is -2.21.